The van der Waals surface area contributed by atoms with Gasteiger partial charge in [-0.25, -0.2) is 14.1 Å². The zero-order valence-electron chi connectivity index (χ0n) is 32.2. The molecular weight excluding hydrogens is 743 g/mol. The van der Waals surface area contributed by atoms with Crippen LogP contribution >= 0.6 is 19.4 Å². The molecule has 3 heterocycles. The fourth-order valence-electron chi connectivity index (χ4n) is 6.75. The van der Waals surface area contributed by atoms with Crippen LogP contribution < -0.4 is 5.73 Å². The number of benzene rings is 1. The van der Waals surface area contributed by atoms with Gasteiger partial charge in [-0.15, -0.1) is 0 Å². The molecule has 13 nitrogen and oxygen atoms in total. The highest BCUT2D eigenvalue weighted by Crippen LogP contribution is 2.50. The average Bonchev–Trinajstić information content (AvgIpc) is 3.81. The monoisotopic (exact) mass is 800 g/mol. The molecule has 2 aromatic heterocycles. The Balaban J connectivity index is 1.18. The van der Waals surface area contributed by atoms with Gasteiger partial charge >= 0.3 is 7.82 Å². The Morgan fingerprint density at radius 3 is 2.29 bits per heavy atom. The molecule has 0 bridgehead atoms. The van der Waals surface area contributed by atoms with Crippen molar-refractivity contribution in [2.24, 2.45) is 0 Å². The summed E-state index contributed by atoms with van der Waals surface area (Å²) in [5, 5.41) is 24.0. The van der Waals surface area contributed by atoms with Crippen molar-refractivity contribution < 1.29 is 32.7 Å². The summed E-state index contributed by atoms with van der Waals surface area (Å²) in [6, 6.07) is 12.5. The molecule has 1 unspecified atom stereocenters. The molecule has 4 rings (SSSR count). The first-order chi connectivity index (χ1) is 26.7. The number of fused-ring (bicyclic) bond motifs is 1. The number of nitrogens with zero attached hydrogens (tertiary/aromatic N) is 5. The number of ether oxygens (including phenoxy) is 3. The third kappa shape index (κ3) is 14.7. The van der Waals surface area contributed by atoms with E-state index < -0.39 is 25.8 Å². The van der Waals surface area contributed by atoms with Gasteiger partial charge in [0.1, 0.15) is 30.1 Å². The van der Waals surface area contributed by atoms with Gasteiger partial charge in [0.2, 0.25) is 0 Å². The average molecular weight is 801 g/mol. The molecule has 55 heavy (non-hydrogen) atoms. The van der Waals surface area contributed by atoms with E-state index >= 15 is 0 Å². The van der Waals surface area contributed by atoms with Crippen LogP contribution in [0.3, 0.4) is 0 Å². The quantitative estimate of drug-likeness (QED) is 0.0524. The second-order valence-corrected chi connectivity index (χ2v) is 16.1. The Kier molecular flexibility index (Phi) is 19.3. The van der Waals surface area contributed by atoms with Crippen molar-refractivity contribution in [2.75, 3.05) is 25.6 Å². The topological polar surface area (TPSA) is 187 Å². The van der Waals surface area contributed by atoms with Crippen LogP contribution in [0.4, 0.5) is 5.82 Å². The fourth-order valence-corrected chi connectivity index (χ4v) is 7.77. The Morgan fingerprint density at radius 2 is 1.65 bits per heavy atom. The maximum atomic E-state index is 13.1. The van der Waals surface area contributed by atoms with Crippen molar-refractivity contribution in [3.8, 4) is 12.1 Å². The van der Waals surface area contributed by atoms with Crippen LogP contribution in [0.5, 0.6) is 0 Å². The van der Waals surface area contributed by atoms with Gasteiger partial charge in [0, 0.05) is 19.4 Å². The van der Waals surface area contributed by atoms with Gasteiger partial charge in [0.15, 0.2) is 17.7 Å². The first-order valence-electron chi connectivity index (χ1n) is 19.9. The number of phosphoric ester groups is 1. The summed E-state index contributed by atoms with van der Waals surface area (Å²) in [6.45, 7) is 2.66. The first kappa shape index (κ1) is 44.6. The van der Waals surface area contributed by atoms with Crippen LogP contribution in [0.25, 0.3) is 5.52 Å². The summed E-state index contributed by atoms with van der Waals surface area (Å²) in [5.41, 5.74) is 6.37. The lowest BCUT2D eigenvalue weighted by atomic mass is 9.98. The van der Waals surface area contributed by atoms with E-state index in [1.807, 2.05) is 0 Å². The molecule has 0 amide bonds. The Bertz CT molecular complexity index is 1730. The molecule has 1 aliphatic rings. The van der Waals surface area contributed by atoms with Crippen molar-refractivity contribution in [3.63, 3.8) is 0 Å². The SMILES string of the molecule is CCCCCCCCCCCCCCCCCCOC[C@H](COP(=O)(O)O[C@@H]1CC[C@](C#N)(c2ccc3c(N)ncnn23)O1)OCc1ccc(Cl)c(C#N)c1. The summed E-state index contributed by atoms with van der Waals surface area (Å²) in [5.74, 6) is 0.237. The zero-order valence-corrected chi connectivity index (χ0v) is 33.9. The van der Waals surface area contributed by atoms with Gasteiger partial charge in [0.05, 0.1) is 36.1 Å². The van der Waals surface area contributed by atoms with Gasteiger partial charge in [-0.2, -0.15) is 15.6 Å². The number of nitrogens with two attached hydrogens (primary N) is 1. The van der Waals surface area contributed by atoms with E-state index in [4.69, 9.17) is 40.6 Å². The van der Waals surface area contributed by atoms with E-state index in [1.54, 1.807) is 30.3 Å². The molecule has 0 aliphatic carbocycles. The van der Waals surface area contributed by atoms with Gasteiger partial charge in [0.25, 0.3) is 0 Å². The van der Waals surface area contributed by atoms with Crippen molar-refractivity contribution in [1.82, 2.24) is 14.6 Å². The molecule has 0 saturated carbocycles. The molecule has 15 heteroatoms. The lowest BCUT2D eigenvalue weighted by Crippen LogP contribution is -2.28. The maximum Gasteiger partial charge on any atom is 0.474 e. The number of unbranched alkanes of at least 4 members (excludes halogenated alkanes) is 15. The van der Waals surface area contributed by atoms with Crippen LogP contribution in [-0.2, 0) is 40.0 Å². The number of hydrogen-bond donors (Lipinski definition) is 2. The fraction of sp³-hybridized carbons (Fsp3) is 0.650. The molecule has 1 fully saturated rings. The highest BCUT2D eigenvalue weighted by atomic mass is 35.5. The van der Waals surface area contributed by atoms with E-state index in [-0.39, 0.29) is 38.5 Å². The van der Waals surface area contributed by atoms with Crippen LogP contribution in [0, 0.1) is 22.7 Å². The summed E-state index contributed by atoms with van der Waals surface area (Å²) < 4.78 is 43.2. The second kappa shape index (κ2) is 23.8. The molecule has 302 valence electrons. The lowest BCUT2D eigenvalue weighted by molar-refractivity contribution is -0.120. The Labute approximate surface area is 331 Å². The minimum Gasteiger partial charge on any atom is -0.382 e. The predicted molar refractivity (Wildman–Crippen MR) is 211 cm³/mol. The Hall–Kier alpha value is -3.10. The number of nitriles is 2. The van der Waals surface area contributed by atoms with Crippen molar-refractivity contribution in [1.29, 1.82) is 10.5 Å². The number of phosphoric acid groups is 1. The standard InChI is InChI=1S/C40H58ClN6O7P/c1-2-3-4-5-6-7-8-9-10-11-12-13-14-15-16-17-24-50-28-34(51-27-32-18-19-35(41)33(25-32)26-42)29-52-55(48,49)54-38-22-23-40(30-43,53-38)37-21-20-36-39(44)45-31-46-47(36)37/h18-21,25,31,34,38H,2-17,22-24,27-29H2,1H3,(H,48,49)(H2,44,45,46)/t34-,38-,40+/m1/s1. The number of halogens is 1. The van der Waals surface area contributed by atoms with Crippen LogP contribution in [0.15, 0.2) is 36.7 Å². The van der Waals surface area contributed by atoms with E-state index in [0.717, 1.165) is 19.3 Å². The third-order valence-corrected chi connectivity index (χ3v) is 11.2. The lowest BCUT2D eigenvalue weighted by Gasteiger charge is -2.23. The molecule has 1 saturated heterocycles. The third-order valence-electron chi connectivity index (χ3n) is 9.90. The van der Waals surface area contributed by atoms with Gasteiger partial charge in [-0.1, -0.05) is 121 Å². The number of rotatable bonds is 28. The minimum atomic E-state index is -4.67. The molecule has 1 aromatic carbocycles. The first-order valence-corrected chi connectivity index (χ1v) is 21.8. The van der Waals surface area contributed by atoms with E-state index in [0.29, 0.717) is 34.0 Å². The number of aromatic nitrogens is 3. The molecule has 4 atom stereocenters. The molecule has 1 aliphatic heterocycles. The summed E-state index contributed by atoms with van der Waals surface area (Å²) in [4.78, 5) is 14.6. The summed E-state index contributed by atoms with van der Waals surface area (Å²) in [7, 11) is -4.67. The van der Waals surface area contributed by atoms with Gasteiger partial charge in [-0.3, -0.25) is 9.05 Å². The zero-order chi connectivity index (χ0) is 39.4. The Morgan fingerprint density at radius 1 is 1.00 bits per heavy atom. The number of anilines is 1. The van der Waals surface area contributed by atoms with E-state index in [1.165, 1.54) is 94.3 Å². The minimum absolute atomic E-state index is 0.0919. The van der Waals surface area contributed by atoms with Crippen LogP contribution in [-0.4, -0.2) is 51.7 Å². The van der Waals surface area contributed by atoms with Crippen LogP contribution in [0.1, 0.15) is 139 Å². The maximum absolute atomic E-state index is 13.1. The molecule has 0 radical (unpaired) electrons. The molecular formula is C40H58ClN6O7P. The van der Waals surface area contributed by atoms with Crippen molar-refractivity contribution in [3.05, 3.63) is 58.5 Å². The van der Waals surface area contributed by atoms with Gasteiger partial charge < -0.3 is 24.8 Å². The highest BCUT2D eigenvalue weighted by Gasteiger charge is 2.47. The second-order valence-electron chi connectivity index (χ2n) is 14.3. The molecule has 3 N–H and O–H groups in total. The summed E-state index contributed by atoms with van der Waals surface area (Å²) in [6.07, 6.45) is 20.2. The van der Waals surface area contributed by atoms with Crippen molar-refractivity contribution >= 4 is 30.8 Å². The van der Waals surface area contributed by atoms with Gasteiger partial charge in [-0.05, 0) is 36.2 Å². The van der Waals surface area contributed by atoms with E-state index in [2.05, 4.69) is 29.1 Å². The van der Waals surface area contributed by atoms with E-state index in [9.17, 15) is 20.0 Å². The smallest absolute Gasteiger partial charge is 0.382 e. The van der Waals surface area contributed by atoms with Crippen LogP contribution in [0.2, 0.25) is 5.02 Å². The number of nitrogen functional groups attached to an aromatic ring is 1. The summed E-state index contributed by atoms with van der Waals surface area (Å²) >= 11 is 6.09. The van der Waals surface area contributed by atoms with Crippen molar-refractivity contribution in [2.45, 2.75) is 147 Å². The molecule has 0 spiro atoms. The highest BCUT2D eigenvalue weighted by molar-refractivity contribution is 7.47. The normalized spacial score (nSPS) is 18.6. The number of hydrogen-bond acceptors (Lipinski definition) is 11. The predicted octanol–water partition coefficient (Wildman–Crippen LogP) is 9.69. The molecule has 3 aromatic rings. The largest absolute Gasteiger partial charge is 0.474 e.